The molecule has 2 heteroatoms. The highest BCUT2D eigenvalue weighted by atomic mass is 16.3. The fraction of sp³-hybridized carbons (Fsp3) is 0.538. The number of nitrogens with one attached hydrogen (secondary N) is 1. The summed E-state index contributed by atoms with van der Waals surface area (Å²) in [6, 6.07) is 6.45. The number of aliphatic hydroxyl groups excluding tert-OH is 1. The molecule has 1 aromatic rings. The van der Waals surface area contributed by atoms with Crippen molar-refractivity contribution in [2.24, 2.45) is 0 Å². The number of rotatable bonds is 3. The highest BCUT2D eigenvalue weighted by Crippen LogP contribution is 2.27. The van der Waals surface area contributed by atoms with Gasteiger partial charge in [-0.2, -0.15) is 0 Å². The van der Waals surface area contributed by atoms with E-state index in [0.717, 1.165) is 0 Å². The van der Waals surface area contributed by atoms with Crippen LogP contribution in [0.2, 0.25) is 0 Å². The van der Waals surface area contributed by atoms with Crippen LogP contribution in [0.15, 0.2) is 18.2 Å². The number of benzene rings is 1. The van der Waals surface area contributed by atoms with Gasteiger partial charge in [0.2, 0.25) is 0 Å². The highest BCUT2D eigenvalue weighted by Gasteiger charge is 2.12. The Balaban J connectivity index is 2.16. The molecule has 1 aliphatic rings. The molecule has 2 nitrogen and oxygen atoms in total. The Morgan fingerprint density at radius 3 is 2.93 bits per heavy atom. The van der Waals surface area contributed by atoms with Gasteiger partial charge in [-0.3, -0.25) is 0 Å². The molecule has 2 rings (SSSR count). The molecule has 15 heavy (non-hydrogen) atoms. The van der Waals surface area contributed by atoms with Gasteiger partial charge in [0.15, 0.2) is 0 Å². The number of aliphatic hydroxyl groups is 1. The van der Waals surface area contributed by atoms with Crippen LogP contribution in [-0.2, 0) is 12.8 Å². The van der Waals surface area contributed by atoms with Crippen molar-refractivity contribution in [3.8, 4) is 0 Å². The number of fused-ring (bicyclic) bond motifs is 1. The first kappa shape index (κ1) is 10.5. The zero-order valence-corrected chi connectivity index (χ0v) is 9.29. The van der Waals surface area contributed by atoms with Gasteiger partial charge < -0.3 is 10.4 Å². The molecule has 1 aromatic carbocycles. The second-order valence-electron chi connectivity index (χ2n) is 4.38. The molecule has 82 valence electrons. The van der Waals surface area contributed by atoms with Crippen LogP contribution in [0.1, 0.15) is 30.9 Å². The van der Waals surface area contributed by atoms with Gasteiger partial charge in [-0.1, -0.05) is 12.1 Å². The van der Waals surface area contributed by atoms with Crippen molar-refractivity contribution in [2.45, 2.75) is 38.7 Å². The summed E-state index contributed by atoms with van der Waals surface area (Å²) in [5.74, 6) is 0. The number of anilines is 1. The predicted molar refractivity (Wildman–Crippen MR) is 63.3 cm³/mol. The maximum atomic E-state index is 9.26. The Morgan fingerprint density at radius 1 is 1.33 bits per heavy atom. The van der Waals surface area contributed by atoms with Gasteiger partial charge in [-0.25, -0.2) is 0 Å². The standard InChI is InChI=1S/C13H19NO/c1-10(15)9-14-13-8-4-6-11-5-2-3-7-12(11)13/h4,6,8,10,14-15H,2-3,5,7,9H2,1H3/t10-/m0/s1. The van der Waals surface area contributed by atoms with Crippen molar-refractivity contribution >= 4 is 5.69 Å². The van der Waals surface area contributed by atoms with Gasteiger partial charge in [-0.15, -0.1) is 0 Å². The van der Waals surface area contributed by atoms with Crippen molar-refractivity contribution in [2.75, 3.05) is 11.9 Å². The van der Waals surface area contributed by atoms with E-state index >= 15 is 0 Å². The third kappa shape index (κ3) is 2.51. The lowest BCUT2D eigenvalue weighted by Gasteiger charge is -2.20. The molecule has 0 spiro atoms. The van der Waals surface area contributed by atoms with Crippen LogP contribution < -0.4 is 5.32 Å². The Hall–Kier alpha value is -1.02. The summed E-state index contributed by atoms with van der Waals surface area (Å²) < 4.78 is 0. The van der Waals surface area contributed by atoms with Crippen LogP contribution in [0.25, 0.3) is 0 Å². The molecule has 2 N–H and O–H groups in total. The minimum Gasteiger partial charge on any atom is -0.392 e. The lowest BCUT2D eigenvalue weighted by molar-refractivity contribution is 0.208. The molecule has 0 saturated heterocycles. The zero-order valence-electron chi connectivity index (χ0n) is 9.29. The van der Waals surface area contributed by atoms with Crippen molar-refractivity contribution in [3.63, 3.8) is 0 Å². The fourth-order valence-corrected chi connectivity index (χ4v) is 2.20. The molecule has 0 bridgehead atoms. The van der Waals surface area contributed by atoms with Crippen LogP contribution in [0, 0.1) is 0 Å². The van der Waals surface area contributed by atoms with E-state index in [9.17, 15) is 5.11 Å². The highest BCUT2D eigenvalue weighted by molar-refractivity contribution is 5.55. The van der Waals surface area contributed by atoms with Crippen LogP contribution in [-0.4, -0.2) is 17.8 Å². The summed E-state index contributed by atoms with van der Waals surface area (Å²) in [7, 11) is 0. The van der Waals surface area contributed by atoms with Crippen LogP contribution >= 0.6 is 0 Å². The molecule has 0 unspecified atom stereocenters. The molecular weight excluding hydrogens is 186 g/mol. The van der Waals surface area contributed by atoms with Gasteiger partial charge in [0.05, 0.1) is 6.10 Å². The number of hydrogen-bond donors (Lipinski definition) is 2. The summed E-state index contributed by atoms with van der Waals surface area (Å²) >= 11 is 0. The van der Waals surface area contributed by atoms with Crippen LogP contribution in [0.4, 0.5) is 5.69 Å². The van der Waals surface area contributed by atoms with E-state index in [2.05, 4.69) is 23.5 Å². The van der Waals surface area contributed by atoms with E-state index < -0.39 is 0 Å². The maximum absolute atomic E-state index is 9.26. The normalized spacial score (nSPS) is 16.9. The van der Waals surface area contributed by atoms with E-state index in [1.807, 2.05) is 6.92 Å². The number of aryl methyl sites for hydroxylation is 1. The van der Waals surface area contributed by atoms with Crippen molar-refractivity contribution < 1.29 is 5.11 Å². The first-order chi connectivity index (χ1) is 7.27. The van der Waals surface area contributed by atoms with E-state index in [4.69, 9.17) is 0 Å². The number of hydrogen-bond acceptors (Lipinski definition) is 2. The summed E-state index contributed by atoms with van der Waals surface area (Å²) in [6.07, 6.45) is 4.70. The third-order valence-corrected chi connectivity index (χ3v) is 2.98. The Bertz CT molecular complexity index is 333. The molecule has 0 aliphatic heterocycles. The minimum atomic E-state index is -0.288. The summed E-state index contributed by atoms with van der Waals surface area (Å²) in [5.41, 5.74) is 4.16. The SMILES string of the molecule is C[C@H](O)CNc1cccc2c1CCCC2. The average molecular weight is 205 g/mol. The van der Waals surface area contributed by atoms with E-state index in [1.54, 1.807) is 0 Å². The first-order valence-electron chi connectivity index (χ1n) is 5.80. The van der Waals surface area contributed by atoms with E-state index in [1.165, 1.54) is 42.5 Å². The molecule has 0 heterocycles. The topological polar surface area (TPSA) is 32.3 Å². The van der Waals surface area contributed by atoms with Crippen LogP contribution in [0.3, 0.4) is 0 Å². The Morgan fingerprint density at radius 2 is 2.13 bits per heavy atom. The Kier molecular flexibility index (Phi) is 3.27. The van der Waals surface area contributed by atoms with Gasteiger partial charge in [-0.05, 0) is 49.8 Å². The lowest BCUT2D eigenvalue weighted by atomic mass is 9.90. The first-order valence-corrected chi connectivity index (χ1v) is 5.80. The van der Waals surface area contributed by atoms with Gasteiger partial charge in [0.25, 0.3) is 0 Å². The maximum Gasteiger partial charge on any atom is 0.0684 e. The summed E-state index contributed by atoms with van der Waals surface area (Å²) in [5, 5.41) is 12.6. The molecule has 0 radical (unpaired) electrons. The van der Waals surface area contributed by atoms with Gasteiger partial charge in [0, 0.05) is 12.2 Å². The quantitative estimate of drug-likeness (QED) is 0.794. The molecule has 1 aliphatic carbocycles. The van der Waals surface area contributed by atoms with Gasteiger partial charge >= 0.3 is 0 Å². The van der Waals surface area contributed by atoms with Crippen molar-refractivity contribution in [3.05, 3.63) is 29.3 Å². The zero-order chi connectivity index (χ0) is 10.7. The molecule has 0 fully saturated rings. The fourth-order valence-electron chi connectivity index (χ4n) is 2.20. The summed E-state index contributed by atoms with van der Waals surface area (Å²) in [6.45, 7) is 2.44. The monoisotopic (exact) mass is 205 g/mol. The van der Waals surface area contributed by atoms with Crippen molar-refractivity contribution in [1.29, 1.82) is 0 Å². The summed E-state index contributed by atoms with van der Waals surface area (Å²) in [4.78, 5) is 0. The largest absolute Gasteiger partial charge is 0.392 e. The van der Waals surface area contributed by atoms with E-state index in [-0.39, 0.29) is 6.10 Å². The lowest BCUT2D eigenvalue weighted by Crippen LogP contribution is -2.17. The van der Waals surface area contributed by atoms with Gasteiger partial charge in [0.1, 0.15) is 0 Å². The second kappa shape index (κ2) is 4.67. The van der Waals surface area contributed by atoms with Crippen LogP contribution in [0.5, 0.6) is 0 Å². The second-order valence-corrected chi connectivity index (χ2v) is 4.38. The minimum absolute atomic E-state index is 0.288. The molecule has 0 amide bonds. The third-order valence-electron chi connectivity index (χ3n) is 2.98. The smallest absolute Gasteiger partial charge is 0.0684 e. The molecule has 0 aromatic heterocycles. The molecule has 0 saturated carbocycles. The molecular formula is C13H19NO. The average Bonchev–Trinajstić information content (AvgIpc) is 2.26. The van der Waals surface area contributed by atoms with E-state index in [0.29, 0.717) is 6.54 Å². The molecule has 1 atom stereocenters. The van der Waals surface area contributed by atoms with Crippen molar-refractivity contribution in [1.82, 2.24) is 0 Å². The Labute approximate surface area is 91.3 Å². The predicted octanol–water partition coefficient (Wildman–Crippen LogP) is 2.36.